The molecule has 1 rings (SSSR count). The number of carbonyl (C=O) groups is 1. The lowest BCUT2D eigenvalue weighted by molar-refractivity contribution is -0.116. The average molecular weight is 154 g/mol. The lowest BCUT2D eigenvalue weighted by Crippen LogP contribution is -1.97. The fourth-order valence-electron chi connectivity index (χ4n) is 0.889. The molecule has 1 aromatic heterocycles. The second-order valence-corrected chi connectivity index (χ2v) is 2.41. The minimum Gasteiger partial charge on any atom is -0.469 e. The van der Waals surface area contributed by atoms with Crippen LogP contribution in [0, 0.1) is 0 Å². The third-order valence-corrected chi connectivity index (χ3v) is 1.42. The van der Waals surface area contributed by atoms with Crippen LogP contribution in [-0.2, 0) is 17.8 Å². The van der Waals surface area contributed by atoms with E-state index in [9.17, 15) is 4.79 Å². The maximum Gasteiger partial charge on any atom is 0.137 e. The summed E-state index contributed by atoms with van der Waals surface area (Å²) in [7, 11) is 0. The van der Waals surface area contributed by atoms with Crippen molar-refractivity contribution in [2.24, 2.45) is 0 Å². The second kappa shape index (κ2) is 3.34. The minimum absolute atomic E-state index is 0.0367. The van der Waals surface area contributed by atoms with Crippen molar-refractivity contribution in [3.63, 3.8) is 0 Å². The smallest absolute Gasteiger partial charge is 0.137 e. The summed E-state index contributed by atoms with van der Waals surface area (Å²) in [5.41, 5.74) is 0.695. The van der Waals surface area contributed by atoms with Crippen LogP contribution in [0.15, 0.2) is 16.7 Å². The molecule has 0 aliphatic rings. The molecule has 0 unspecified atom stereocenters. The fraction of sp³-hybridized carbons (Fsp3) is 0.375. The van der Waals surface area contributed by atoms with Crippen molar-refractivity contribution in [3.05, 3.63) is 23.7 Å². The molecule has 0 bridgehead atoms. The molecular formula is C8H10O3. The van der Waals surface area contributed by atoms with Gasteiger partial charge >= 0.3 is 0 Å². The van der Waals surface area contributed by atoms with Crippen molar-refractivity contribution >= 4 is 5.78 Å². The van der Waals surface area contributed by atoms with E-state index in [-0.39, 0.29) is 18.8 Å². The van der Waals surface area contributed by atoms with Crippen LogP contribution in [0.25, 0.3) is 0 Å². The van der Waals surface area contributed by atoms with Gasteiger partial charge in [0.25, 0.3) is 0 Å². The van der Waals surface area contributed by atoms with E-state index in [2.05, 4.69) is 0 Å². The predicted octanol–water partition coefficient (Wildman–Crippen LogP) is 0.903. The number of furan rings is 1. The third kappa shape index (κ3) is 1.91. The average Bonchev–Trinajstić information content (AvgIpc) is 2.34. The summed E-state index contributed by atoms with van der Waals surface area (Å²) >= 11 is 0. The first kappa shape index (κ1) is 8.01. The summed E-state index contributed by atoms with van der Waals surface area (Å²) in [5.74, 6) is 0.606. The lowest BCUT2D eigenvalue weighted by Gasteiger charge is -1.94. The normalized spacial score (nSPS) is 10.0. The molecule has 1 aromatic rings. The van der Waals surface area contributed by atoms with Gasteiger partial charge in [0.1, 0.15) is 11.5 Å². The van der Waals surface area contributed by atoms with Crippen molar-refractivity contribution in [3.8, 4) is 0 Å². The van der Waals surface area contributed by atoms with Crippen LogP contribution in [0.3, 0.4) is 0 Å². The zero-order valence-corrected chi connectivity index (χ0v) is 6.33. The summed E-state index contributed by atoms with van der Waals surface area (Å²) in [5, 5.41) is 8.75. The highest BCUT2D eigenvalue weighted by molar-refractivity contribution is 5.77. The molecule has 0 aromatic carbocycles. The number of aliphatic hydroxyl groups excluding tert-OH is 1. The van der Waals surface area contributed by atoms with Gasteiger partial charge in [-0.15, -0.1) is 0 Å². The van der Waals surface area contributed by atoms with E-state index in [1.54, 1.807) is 6.07 Å². The third-order valence-electron chi connectivity index (χ3n) is 1.42. The van der Waals surface area contributed by atoms with E-state index in [0.29, 0.717) is 11.3 Å². The quantitative estimate of drug-likeness (QED) is 0.703. The zero-order valence-electron chi connectivity index (χ0n) is 6.33. The number of rotatable bonds is 3. The summed E-state index contributed by atoms with van der Waals surface area (Å²) < 4.78 is 4.99. The molecule has 1 N–H and O–H groups in total. The Bertz CT molecular complexity index is 250. The molecule has 0 fully saturated rings. The van der Waals surface area contributed by atoms with Crippen molar-refractivity contribution in [1.29, 1.82) is 0 Å². The monoisotopic (exact) mass is 154 g/mol. The standard InChI is InChI=1S/C8H10O3/c1-6(10)4-8-7(5-9)2-3-11-8/h2-3,9H,4-5H2,1H3. The molecular weight excluding hydrogens is 144 g/mol. The van der Waals surface area contributed by atoms with Gasteiger partial charge in [0.05, 0.1) is 19.3 Å². The number of hydrogen-bond acceptors (Lipinski definition) is 3. The maximum absolute atomic E-state index is 10.6. The van der Waals surface area contributed by atoms with Crippen LogP contribution in [0.1, 0.15) is 18.2 Å². The number of hydrogen-bond donors (Lipinski definition) is 1. The van der Waals surface area contributed by atoms with E-state index in [4.69, 9.17) is 9.52 Å². The van der Waals surface area contributed by atoms with E-state index in [1.165, 1.54) is 13.2 Å². The highest BCUT2D eigenvalue weighted by Gasteiger charge is 2.06. The summed E-state index contributed by atoms with van der Waals surface area (Å²) in [6.45, 7) is 1.42. The van der Waals surface area contributed by atoms with Gasteiger partial charge in [-0.25, -0.2) is 0 Å². The predicted molar refractivity (Wildman–Crippen MR) is 39.0 cm³/mol. The maximum atomic E-state index is 10.6. The Hall–Kier alpha value is -1.09. The Balaban J connectivity index is 2.76. The van der Waals surface area contributed by atoms with Gasteiger partial charge in [-0.1, -0.05) is 0 Å². The number of carbonyl (C=O) groups excluding carboxylic acids is 1. The largest absolute Gasteiger partial charge is 0.469 e. The Morgan fingerprint density at radius 3 is 3.00 bits per heavy atom. The summed E-state index contributed by atoms with van der Waals surface area (Å²) in [4.78, 5) is 10.6. The summed E-state index contributed by atoms with van der Waals surface area (Å²) in [6, 6.07) is 1.66. The molecule has 0 saturated carbocycles. The topological polar surface area (TPSA) is 50.4 Å². The van der Waals surface area contributed by atoms with Gasteiger partial charge in [0.2, 0.25) is 0 Å². The Morgan fingerprint density at radius 1 is 1.73 bits per heavy atom. The van der Waals surface area contributed by atoms with Crippen LogP contribution in [0.2, 0.25) is 0 Å². The van der Waals surface area contributed by atoms with Gasteiger partial charge in [0.15, 0.2) is 0 Å². The van der Waals surface area contributed by atoms with Gasteiger partial charge < -0.3 is 9.52 Å². The Kier molecular flexibility index (Phi) is 2.44. The summed E-state index contributed by atoms with van der Waals surface area (Å²) in [6.07, 6.45) is 1.74. The van der Waals surface area contributed by atoms with E-state index < -0.39 is 0 Å². The van der Waals surface area contributed by atoms with E-state index >= 15 is 0 Å². The number of Topliss-reactive ketones (excluding diaryl/α,β-unsaturated/α-hetero) is 1. The van der Waals surface area contributed by atoms with Crippen molar-refractivity contribution < 1.29 is 14.3 Å². The first-order valence-corrected chi connectivity index (χ1v) is 3.39. The van der Waals surface area contributed by atoms with Crippen molar-refractivity contribution in [2.75, 3.05) is 0 Å². The second-order valence-electron chi connectivity index (χ2n) is 2.41. The SMILES string of the molecule is CC(=O)Cc1occc1CO. The fourth-order valence-corrected chi connectivity index (χ4v) is 0.889. The van der Waals surface area contributed by atoms with E-state index in [1.807, 2.05) is 0 Å². The van der Waals surface area contributed by atoms with Crippen LogP contribution >= 0.6 is 0 Å². The molecule has 3 nitrogen and oxygen atoms in total. The van der Waals surface area contributed by atoms with Gasteiger partial charge in [0, 0.05) is 5.56 Å². The molecule has 0 aliphatic carbocycles. The molecule has 60 valence electrons. The van der Waals surface area contributed by atoms with Crippen LogP contribution in [-0.4, -0.2) is 10.9 Å². The van der Waals surface area contributed by atoms with Gasteiger partial charge in [-0.2, -0.15) is 0 Å². The minimum atomic E-state index is -0.0703. The van der Waals surface area contributed by atoms with Crippen LogP contribution in [0.5, 0.6) is 0 Å². The molecule has 0 saturated heterocycles. The number of aliphatic hydroxyl groups is 1. The Labute approximate surface area is 64.6 Å². The van der Waals surface area contributed by atoms with Crippen molar-refractivity contribution in [1.82, 2.24) is 0 Å². The van der Waals surface area contributed by atoms with Gasteiger partial charge in [-0.3, -0.25) is 4.79 Å². The molecule has 11 heavy (non-hydrogen) atoms. The molecule has 0 spiro atoms. The highest BCUT2D eigenvalue weighted by Crippen LogP contribution is 2.10. The van der Waals surface area contributed by atoms with Crippen molar-refractivity contribution in [2.45, 2.75) is 20.0 Å². The first-order valence-electron chi connectivity index (χ1n) is 3.39. The highest BCUT2D eigenvalue weighted by atomic mass is 16.3. The van der Waals surface area contributed by atoms with Gasteiger partial charge in [-0.05, 0) is 13.0 Å². The molecule has 3 heteroatoms. The molecule has 0 radical (unpaired) electrons. The molecule has 1 heterocycles. The van der Waals surface area contributed by atoms with Crippen LogP contribution in [0.4, 0.5) is 0 Å². The lowest BCUT2D eigenvalue weighted by atomic mass is 10.2. The first-order chi connectivity index (χ1) is 5.24. The number of ketones is 1. The molecule has 0 amide bonds. The Morgan fingerprint density at radius 2 is 2.45 bits per heavy atom. The van der Waals surface area contributed by atoms with Crippen LogP contribution < -0.4 is 0 Å². The molecule has 0 atom stereocenters. The molecule has 0 aliphatic heterocycles. The van der Waals surface area contributed by atoms with E-state index in [0.717, 1.165) is 0 Å². The zero-order chi connectivity index (χ0) is 8.27.